The second-order valence-corrected chi connectivity index (χ2v) is 3.63. The van der Waals surface area contributed by atoms with Crippen LogP contribution in [0.2, 0.25) is 0 Å². The number of rotatable bonds is 5. The summed E-state index contributed by atoms with van der Waals surface area (Å²) in [6.45, 7) is 2.39. The SMILES string of the molecule is CCCc1c(C(=O)O)nnn1Cc1cnoc1. The molecule has 1 N–H and O–H groups in total. The first kappa shape index (κ1) is 11.3. The van der Waals surface area contributed by atoms with Gasteiger partial charge in [0.25, 0.3) is 0 Å². The molecule has 2 rings (SSSR count). The lowest BCUT2D eigenvalue weighted by Gasteiger charge is -2.03. The smallest absolute Gasteiger partial charge is 0.358 e. The first-order valence-electron chi connectivity index (χ1n) is 5.26. The number of carboxylic acid groups (broad SMARTS) is 1. The Balaban J connectivity index is 2.30. The lowest BCUT2D eigenvalue weighted by molar-refractivity contribution is 0.0689. The van der Waals surface area contributed by atoms with Gasteiger partial charge in [-0.05, 0) is 6.42 Å². The highest BCUT2D eigenvalue weighted by molar-refractivity contribution is 5.86. The molecule has 0 amide bonds. The molecule has 0 saturated carbocycles. The van der Waals surface area contributed by atoms with Crippen molar-refractivity contribution in [2.24, 2.45) is 0 Å². The molecule has 90 valence electrons. The molecule has 0 aliphatic carbocycles. The topological polar surface area (TPSA) is 94.0 Å². The van der Waals surface area contributed by atoms with Crippen molar-refractivity contribution in [2.75, 3.05) is 0 Å². The zero-order chi connectivity index (χ0) is 12.3. The van der Waals surface area contributed by atoms with Crippen LogP contribution >= 0.6 is 0 Å². The van der Waals surface area contributed by atoms with Gasteiger partial charge in [0.15, 0.2) is 5.69 Å². The fraction of sp³-hybridized carbons (Fsp3) is 0.400. The number of carboxylic acids is 1. The summed E-state index contributed by atoms with van der Waals surface area (Å²) in [5, 5.41) is 20.1. The molecule has 0 spiro atoms. The molecule has 2 aromatic heterocycles. The molecule has 0 aliphatic rings. The molecule has 0 radical (unpaired) electrons. The van der Waals surface area contributed by atoms with Gasteiger partial charge in [-0.3, -0.25) is 0 Å². The third-order valence-electron chi connectivity index (χ3n) is 2.34. The molecule has 7 nitrogen and oxygen atoms in total. The van der Waals surface area contributed by atoms with Crippen LogP contribution in [0.1, 0.15) is 35.1 Å². The first-order chi connectivity index (χ1) is 8.22. The van der Waals surface area contributed by atoms with Crippen molar-refractivity contribution in [3.63, 3.8) is 0 Å². The summed E-state index contributed by atoms with van der Waals surface area (Å²) in [5.74, 6) is -1.05. The fourth-order valence-electron chi connectivity index (χ4n) is 1.59. The predicted octanol–water partition coefficient (Wildman–Crippen LogP) is 0.965. The summed E-state index contributed by atoms with van der Waals surface area (Å²) in [5.41, 5.74) is 1.47. The van der Waals surface area contributed by atoms with Crippen LogP contribution in [-0.4, -0.2) is 31.2 Å². The molecule has 0 aliphatic heterocycles. The van der Waals surface area contributed by atoms with E-state index in [1.165, 1.54) is 6.26 Å². The van der Waals surface area contributed by atoms with Crippen molar-refractivity contribution in [2.45, 2.75) is 26.3 Å². The van der Waals surface area contributed by atoms with Crippen LogP contribution in [0.4, 0.5) is 0 Å². The summed E-state index contributed by atoms with van der Waals surface area (Å²) >= 11 is 0. The summed E-state index contributed by atoms with van der Waals surface area (Å²) in [6, 6.07) is 0. The van der Waals surface area contributed by atoms with Crippen LogP contribution in [0.5, 0.6) is 0 Å². The predicted molar refractivity (Wildman–Crippen MR) is 56.6 cm³/mol. The third-order valence-corrected chi connectivity index (χ3v) is 2.34. The molecule has 0 aromatic carbocycles. The Kier molecular flexibility index (Phi) is 3.17. The van der Waals surface area contributed by atoms with Crippen LogP contribution in [0, 0.1) is 0 Å². The van der Waals surface area contributed by atoms with E-state index in [0.717, 1.165) is 12.0 Å². The van der Waals surface area contributed by atoms with E-state index in [4.69, 9.17) is 9.63 Å². The minimum Gasteiger partial charge on any atom is -0.476 e. The standard InChI is InChI=1S/C10H12N4O3/c1-2-3-8-9(10(15)16)12-13-14(8)5-7-4-11-17-6-7/h4,6H,2-3,5H2,1H3,(H,15,16). The van der Waals surface area contributed by atoms with Crippen molar-refractivity contribution in [1.29, 1.82) is 0 Å². The maximum Gasteiger partial charge on any atom is 0.358 e. The number of aromatic carboxylic acids is 1. The van der Waals surface area contributed by atoms with Crippen molar-refractivity contribution >= 4 is 5.97 Å². The first-order valence-corrected chi connectivity index (χ1v) is 5.26. The molecule has 0 saturated heterocycles. The van der Waals surface area contributed by atoms with Gasteiger partial charge in [0.05, 0.1) is 18.4 Å². The highest BCUT2D eigenvalue weighted by Gasteiger charge is 2.18. The Morgan fingerprint density at radius 2 is 2.41 bits per heavy atom. The van der Waals surface area contributed by atoms with Gasteiger partial charge in [0, 0.05) is 5.56 Å². The fourth-order valence-corrected chi connectivity index (χ4v) is 1.59. The minimum atomic E-state index is -1.05. The quantitative estimate of drug-likeness (QED) is 0.831. The maximum absolute atomic E-state index is 11.0. The van der Waals surface area contributed by atoms with Crippen LogP contribution < -0.4 is 0 Å². The molecule has 2 aromatic rings. The van der Waals surface area contributed by atoms with E-state index in [1.54, 1.807) is 10.9 Å². The number of aromatic nitrogens is 4. The number of hydrogen-bond donors (Lipinski definition) is 1. The Morgan fingerprint density at radius 1 is 1.59 bits per heavy atom. The lowest BCUT2D eigenvalue weighted by atomic mass is 10.2. The van der Waals surface area contributed by atoms with E-state index in [-0.39, 0.29) is 5.69 Å². The normalized spacial score (nSPS) is 10.6. The largest absolute Gasteiger partial charge is 0.476 e. The van der Waals surface area contributed by atoms with Crippen molar-refractivity contribution in [3.05, 3.63) is 29.4 Å². The summed E-state index contributed by atoms with van der Waals surface area (Å²) in [7, 11) is 0. The molecule has 2 heterocycles. The minimum absolute atomic E-state index is 0.0169. The highest BCUT2D eigenvalue weighted by Crippen LogP contribution is 2.11. The summed E-state index contributed by atoms with van der Waals surface area (Å²) in [4.78, 5) is 11.0. The number of nitrogens with zero attached hydrogens (tertiary/aromatic N) is 4. The van der Waals surface area contributed by atoms with E-state index < -0.39 is 5.97 Å². The van der Waals surface area contributed by atoms with E-state index in [2.05, 4.69) is 15.5 Å². The van der Waals surface area contributed by atoms with Crippen LogP contribution in [0.25, 0.3) is 0 Å². The van der Waals surface area contributed by atoms with E-state index in [9.17, 15) is 4.79 Å². The van der Waals surface area contributed by atoms with Gasteiger partial charge in [0.2, 0.25) is 0 Å². The van der Waals surface area contributed by atoms with E-state index in [1.807, 2.05) is 6.92 Å². The van der Waals surface area contributed by atoms with Gasteiger partial charge in [-0.1, -0.05) is 23.7 Å². The molecule has 0 atom stereocenters. The van der Waals surface area contributed by atoms with Crippen molar-refractivity contribution in [1.82, 2.24) is 20.2 Å². The Bertz CT molecular complexity index is 504. The Labute approximate surface area is 97.0 Å². The Hall–Kier alpha value is -2.18. The van der Waals surface area contributed by atoms with Gasteiger partial charge < -0.3 is 9.63 Å². The second kappa shape index (κ2) is 4.77. The van der Waals surface area contributed by atoms with Crippen molar-refractivity contribution in [3.8, 4) is 0 Å². The van der Waals surface area contributed by atoms with Crippen molar-refractivity contribution < 1.29 is 14.4 Å². The van der Waals surface area contributed by atoms with E-state index >= 15 is 0 Å². The monoisotopic (exact) mass is 236 g/mol. The van der Waals surface area contributed by atoms with Gasteiger partial charge >= 0.3 is 5.97 Å². The summed E-state index contributed by atoms with van der Waals surface area (Å²) in [6.07, 6.45) is 4.52. The molecule has 17 heavy (non-hydrogen) atoms. The Morgan fingerprint density at radius 3 is 3.00 bits per heavy atom. The van der Waals surface area contributed by atoms with E-state index in [0.29, 0.717) is 18.7 Å². The van der Waals surface area contributed by atoms with Gasteiger partial charge in [0.1, 0.15) is 6.26 Å². The second-order valence-electron chi connectivity index (χ2n) is 3.63. The third kappa shape index (κ3) is 2.32. The van der Waals surface area contributed by atoms with Gasteiger partial charge in [-0.25, -0.2) is 9.48 Å². The highest BCUT2D eigenvalue weighted by atomic mass is 16.5. The zero-order valence-corrected chi connectivity index (χ0v) is 9.33. The van der Waals surface area contributed by atoms with Crippen LogP contribution in [-0.2, 0) is 13.0 Å². The molecule has 7 heteroatoms. The van der Waals surface area contributed by atoms with Crippen LogP contribution in [0.3, 0.4) is 0 Å². The molecular weight excluding hydrogens is 224 g/mol. The molecule has 0 fully saturated rings. The lowest BCUT2D eigenvalue weighted by Crippen LogP contribution is -2.09. The zero-order valence-electron chi connectivity index (χ0n) is 9.33. The maximum atomic E-state index is 11.0. The van der Waals surface area contributed by atoms with Gasteiger partial charge in [-0.2, -0.15) is 0 Å². The molecule has 0 bridgehead atoms. The van der Waals surface area contributed by atoms with Gasteiger partial charge in [-0.15, -0.1) is 5.10 Å². The molecular formula is C10H12N4O3. The molecule has 0 unspecified atom stereocenters. The average Bonchev–Trinajstić information content (AvgIpc) is 2.90. The van der Waals surface area contributed by atoms with Crippen LogP contribution in [0.15, 0.2) is 17.0 Å². The average molecular weight is 236 g/mol. The number of hydrogen-bond acceptors (Lipinski definition) is 5. The number of carbonyl (C=O) groups is 1. The summed E-state index contributed by atoms with van der Waals surface area (Å²) < 4.78 is 6.28.